The minimum Gasteiger partial charge on any atom is -0.395 e. The van der Waals surface area contributed by atoms with Crippen LogP contribution in [0.3, 0.4) is 0 Å². The third-order valence-corrected chi connectivity index (χ3v) is 3.49. The van der Waals surface area contributed by atoms with Crippen LogP contribution in [0.15, 0.2) is 22.7 Å². The first-order valence-corrected chi connectivity index (χ1v) is 5.87. The minimum absolute atomic E-state index is 0.190. The molecule has 0 bridgehead atoms. The Morgan fingerprint density at radius 2 is 2.40 bits per heavy atom. The van der Waals surface area contributed by atoms with Gasteiger partial charge in [0.05, 0.1) is 6.61 Å². The molecule has 3 rings (SSSR count). The summed E-state index contributed by atoms with van der Waals surface area (Å²) in [6.45, 7) is 1.75. The van der Waals surface area contributed by atoms with Crippen molar-refractivity contribution >= 4 is 15.9 Å². The summed E-state index contributed by atoms with van der Waals surface area (Å²) in [6.07, 6.45) is 0.430. The molecule has 1 N–H and O–H groups in total. The average molecular weight is 270 g/mol. The molecule has 2 heterocycles. The van der Waals surface area contributed by atoms with Crippen LogP contribution in [0.2, 0.25) is 0 Å². The molecule has 0 aromatic heterocycles. The molecule has 0 aliphatic carbocycles. The first-order valence-electron chi connectivity index (χ1n) is 5.08. The van der Waals surface area contributed by atoms with Crippen LogP contribution in [0.1, 0.15) is 17.2 Å². The standard InChI is InChI=1S/C11H12BrNO2/c12-8-1-2-9-7(5-8)6-13(3-4-14)11-10(9)15-11/h1-2,5,10-11,14H,3-4,6H2. The maximum atomic E-state index is 8.95. The van der Waals surface area contributed by atoms with Crippen LogP contribution >= 0.6 is 15.9 Å². The van der Waals surface area contributed by atoms with Gasteiger partial charge in [0.15, 0.2) is 0 Å². The number of aliphatic hydroxyl groups is 1. The van der Waals surface area contributed by atoms with Crippen LogP contribution in [0.4, 0.5) is 0 Å². The Morgan fingerprint density at radius 3 is 3.20 bits per heavy atom. The number of hydrogen-bond donors (Lipinski definition) is 1. The number of epoxide rings is 1. The smallest absolute Gasteiger partial charge is 0.142 e. The van der Waals surface area contributed by atoms with E-state index in [1.165, 1.54) is 11.1 Å². The van der Waals surface area contributed by atoms with E-state index in [0.29, 0.717) is 6.54 Å². The lowest BCUT2D eigenvalue weighted by Gasteiger charge is -2.24. The van der Waals surface area contributed by atoms with Gasteiger partial charge in [0.1, 0.15) is 12.3 Å². The highest BCUT2D eigenvalue weighted by molar-refractivity contribution is 9.10. The van der Waals surface area contributed by atoms with Crippen molar-refractivity contribution in [1.29, 1.82) is 0 Å². The fourth-order valence-electron chi connectivity index (χ4n) is 2.24. The molecule has 2 aliphatic rings. The normalized spacial score (nSPS) is 28.4. The molecule has 0 spiro atoms. The summed E-state index contributed by atoms with van der Waals surface area (Å²) in [5, 5.41) is 8.95. The number of ether oxygens (including phenoxy) is 1. The van der Waals surface area contributed by atoms with Gasteiger partial charge in [0, 0.05) is 17.6 Å². The lowest BCUT2D eigenvalue weighted by Crippen LogP contribution is -2.32. The molecule has 4 heteroatoms. The second-order valence-corrected chi connectivity index (χ2v) is 4.90. The number of halogens is 1. The van der Waals surface area contributed by atoms with E-state index in [9.17, 15) is 0 Å². The van der Waals surface area contributed by atoms with Crippen molar-refractivity contribution in [2.24, 2.45) is 0 Å². The van der Waals surface area contributed by atoms with E-state index in [2.05, 4.69) is 39.0 Å². The van der Waals surface area contributed by atoms with Gasteiger partial charge in [-0.05, 0) is 23.3 Å². The van der Waals surface area contributed by atoms with Gasteiger partial charge in [0.25, 0.3) is 0 Å². The third kappa shape index (κ3) is 1.61. The number of aliphatic hydroxyl groups excluding tert-OH is 1. The molecule has 1 saturated heterocycles. The maximum absolute atomic E-state index is 8.95. The molecule has 2 atom stereocenters. The lowest BCUT2D eigenvalue weighted by atomic mass is 10.00. The Kier molecular flexibility index (Phi) is 2.32. The van der Waals surface area contributed by atoms with E-state index < -0.39 is 0 Å². The summed E-state index contributed by atoms with van der Waals surface area (Å²) < 4.78 is 6.71. The number of nitrogens with zero attached hydrogens (tertiary/aromatic N) is 1. The van der Waals surface area contributed by atoms with Crippen molar-refractivity contribution in [3.8, 4) is 0 Å². The Morgan fingerprint density at radius 1 is 1.53 bits per heavy atom. The van der Waals surface area contributed by atoms with Gasteiger partial charge < -0.3 is 9.84 Å². The van der Waals surface area contributed by atoms with Crippen molar-refractivity contribution < 1.29 is 9.84 Å². The average Bonchev–Trinajstić information content (AvgIpc) is 2.97. The van der Waals surface area contributed by atoms with Gasteiger partial charge in [-0.3, -0.25) is 4.90 Å². The molecule has 1 aromatic carbocycles. The zero-order valence-electron chi connectivity index (χ0n) is 8.19. The highest BCUT2D eigenvalue weighted by Crippen LogP contribution is 2.47. The monoisotopic (exact) mass is 269 g/mol. The summed E-state index contributed by atoms with van der Waals surface area (Å²) in [5.41, 5.74) is 2.61. The zero-order valence-corrected chi connectivity index (χ0v) is 9.77. The Balaban J connectivity index is 1.92. The Labute approximate surface area is 96.8 Å². The second-order valence-electron chi connectivity index (χ2n) is 3.98. The molecular formula is C11H12BrNO2. The molecule has 2 aliphatic heterocycles. The number of fused-ring (bicyclic) bond motifs is 3. The predicted octanol–water partition coefficient (Wildman–Crippen LogP) is 1.65. The fraction of sp³-hybridized carbons (Fsp3) is 0.455. The van der Waals surface area contributed by atoms with Crippen LogP contribution in [-0.2, 0) is 11.3 Å². The van der Waals surface area contributed by atoms with Gasteiger partial charge in [0.2, 0.25) is 0 Å². The van der Waals surface area contributed by atoms with Gasteiger partial charge in [-0.25, -0.2) is 0 Å². The van der Waals surface area contributed by atoms with Gasteiger partial charge in [-0.1, -0.05) is 22.0 Å². The highest BCUT2D eigenvalue weighted by atomic mass is 79.9. The lowest BCUT2D eigenvalue weighted by molar-refractivity contribution is 0.133. The minimum atomic E-state index is 0.190. The van der Waals surface area contributed by atoms with Gasteiger partial charge in [-0.15, -0.1) is 0 Å². The summed E-state index contributed by atoms with van der Waals surface area (Å²) in [6, 6.07) is 6.32. The molecule has 0 saturated carbocycles. The topological polar surface area (TPSA) is 36.0 Å². The van der Waals surface area contributed by atoms with Crippen LogP contribution in [0.25, 0.3) is 0 Å². The number of benzene rings is 1. The van der Waals surface area contributed by atoms with E-state index >= 15 is 0 Å². The van der Waals surface area contributed by atoms with E-state index in [-0.39, 0.29) is 18.9 Å². The van der Waals surface area contributed by atoms with E-state index in [1.54, 1.807) is 0 Å². The quantitative estimate of drug-likeness (QED) is 0.830. The van der Waals surface area contributed by atoms with E-state index in [4.69, 9.17) is 9.84 Å². The van der Waals surface area contributed by atoms with Crippen LogP contribution in [0.5, 0.6) is 0 Å². The van der Waals surface area contributed by atoms with E-state index in [0.717, 1.165) is 11.0 Å². The highest BCUT2D eigenvalue weighted by Gasteiger charge is 2.48. The first kappa shape index (κ1) is 9.78. The van der Waals surface area contributed by atoms with Crippen molar-refractivity contribution in [3.63, 3.8) is 0 Å². The Bertz CT molecular complexity index is 396. The van der Waals surface area contributed by atoms with Crippen molar-refractivity contribution in [1.82, 2.24) is 4.90 Å². The number of β-amino-alcohol motifs (C(OH)–C–C–N with tert-alkyl or cyclic N) is 1. The van der Waals surface area contributed by atoms with Crippen LogP contribution < -0.4 is 0 Å². The second kappa shape index (κ2) is 3.56. The SMILES string of the molecule is OCCN1Cc2cc(Br)ccc2C2OC21. The van der Waals surface area contributed by atoms with Gasteiger partial charge in [-0.2, -0.15) is 0 Å². The fourth-order valence-corrected chi connectivity index (χ4v) is 2.65. The molecule has 1 aromatic rings. The molecular weight excluding hydrogens is 258 g/mol. The van der Waals surface area contributed by atoms with Gasteiger partial charge >= 0.3 is 0 Å². The summed E-state index contributed by atoms with van der Waals surface area (Å²) in [4.78, 5) is 2.18. The molecule has 0 amide bonds. The Hall–Kier alpha value is -0.420. The number of hydrogen-bond acceptors (Lipinski definition) is 3. The van der Waals surface area contributed by atoms with Crippen LogP contribution in [0, 0.1) is 0 Å². The summed E-state index contributed by atoms with van der Waals surface area (Å²) in [7, 11) is 0. The number of rotatable bonds is 2. The predicted molar refractivity (Wildman–Crippen MR) is 59.3 cm³/mol. The third-order valence-electron chi connectivity index (χ3n) is 3.00. The van der Waals surface area contributed by atoms with Crippen molar-refractivity contribution in [3.05, 3.63) is 33.8 Å². The molecule has 2 unspecified atom stereocenters. The summed E-state index contributed by atoms with van der Waals surface area (Å²) >= 11 is 3.47. The molecule has 0 radical (unpaired) electrons. The summed E-state index contributed by atoms with van der Waals surface area (Å²) in [5.74, 6) is 0. The largest absolute Gasteiger partial charge is 0.395 e. The zero-order chi connectivity index (χ0) is 10.4. The molecule has 15 heavy (non-hydrogen) atoms. The maximum Gasteiger partial charge on any atom is 0.142 e. The molecule has 3 nitrogen and oxygen atoms in total. The van der Waals surface area contributed by atoms with Crippen molar-refractivity contribution in [2.75, 3.05) is 13.2 Å². The molecule has 80 valence electrons. The van der Waals surface area contributed by atoms with E-state index in [1.807, 2.05) is 0 Å². The first-order chi connectivity index (χ1) is 7.29. The molecule has 1 fully saturated rings. The van der Waals surface area contributed by atoms with Crippen LogP contribution in [-0.4, -0.2) is 29.4 Å². The van der Waals surface area contributed by atoms with Crippen molar-refractivity contribution in [2.45, 2.75) is 18.9 Å².